The molecule has 2 heterocycles. The minimum Gasteiger partial charge on any atom is -0.333 e. The lowest BCUT2D eigenvalue weighted by Gasteiger charge is -2.20. The van der Waals surface area contributed by atoms with Crippen LogP contribution >= 0.6 is 35.0 Å². The van der Waals surface area contributed by atoms with Crippen LogP contribution < -0.4 is 10.6 Å². The molecule has 2 N–H and O–H groups in total. The lowest BCUT2D eigenvalue weighted by Crippen LogP contribution is -2.48. The van der Waals surface area contributed by atoms with Crippen molar-refractivity contribution in [3.8, 4) is 0 Å². The lowest BCUT2D eigenvalue weighted by atomic mass is 10.1. The number of aromatic nitrogens is 3. The van der Waals surface area contributed by atoms with Crippen molar-refractivity contribution in [3.63, 3.8) is 0 Å². The van der Waals surface area contributed by atoms with Crippen LogP contribution in [-0.2, 0) is 4.79 Å². The predicted molar refractivity (Wildman–Crippen MR) is 90.2 cm³/mol. The molecule has 0 saturated heterocycles. The molecular weight excluding hydrogens is 361 g/mol. The van der Waals surface area contributed by atoms with Crippen LogP contribution in [0.5, 0.6) is 0 Å². The van der Waals surface area contributed by atoms with E-state index in [2.05, 4.69) is 20.8 Å². The number of thioether (sulfide) groups is 1. The first kappa shape index (κ1) is 17.8. The molecule has 3 amide bonds. The minimum atomic E-state index is -0.541. The molecule has 0 unspecified atom stereocenters. The Balaban J connectivity index is 1.99. The number of pyridine rings is 1. The van der Waals surface area contributed by atoms with Gasteiger partial charge in [-0.05, 0) is 26.8 Å². The van der Waals surface area contributed by atoms with Crippen molar-refractivity contribution in [2.45, 2.75) is 31.5 Å². The maximum atomic E-state index is 11.8. The zero-order valence-corrected chi connectivity index (χ0v) is 15.0. The summed E-state index contributed by atoms with van der Waals surface area (Å²) in [5.41, 5.74) is 0.0262. The molecule has 2 aromatic rings. The van der Waals surface area contributed by atoms with E-state index in [1.165, 1.54) is 0 Å². The van der Waals surface area contributed by atoms with Gasteiger partial charge in [-0.1, -0.05) is 35.0 Å². The largest absolute Gasteiger partial charge is 0.333 e. The number of carbonyl (C=O) groups excluding carboxylic acids is 2. The number of rotatable bonds is 3. The smallest absolute Gasteiger partial charge is 0.321 e. The van der Waals surface area contributed by atoms with Gasteiger partial charge in [0.2, 0.25) is 5.91 Å². The Morgan fingerprint density at radius 1 is 1.30 bits per heavy atom. The number of carbonyl (C=O) groups is 2. The first-order chi connectivity index (χ1) is 10.7. The number of urea groups is 1. The molecule has 0 radical (unpaired) electrons. The molecule has 0 aromatic carbocycles. The Morgan fingerprint density at radius 3 is 2.65 bits per heavy atom. The second kappa shape index (κ2) is 6.94. The summed E-state index contributed by atoms with van der Waals surface area (Å²) in [6.45, 7) is 5.46. The fourth-order valence-electron chi connectivity index (χ4n) is 1.67. The molecule has 2 rings (SSSR count). The molecule has 2 aromatic heterocycles. The van der Waals surface area contributed by atoms with Crippen LogP contribution in [0.25, 0.3) is 5.65 Å². The lowest BCUT2D eigenvalue weighted by molar-refractivity contribution is -0.117. The average molecular weight is 376 g/mol. The van der Waals surface area contributed by atoms with Crippen molar-refractivity contribution < 1.29 is 9.59 Å². The monoisotopic (exact) mass is 375 g/mol. The Labute approximate surface area is 147 Å². The van der Waals surface area contributed by atoms with Gasteiger partial charge in [0.1, 0.15) is 0 Å². The van der Waals surface area contributed by atoms with Crippen molar-refractivity contribution in [1.82, 2.24) is 25.2 Å². The van der Waals surface area contributed by atoms with Crippen molar-refractivity contribution in [1.29, 1.82) is 0 Å². The topological polar surface area (TPSA) is 88.4 Å². The quantitative estimate of drug-likeness (QED) is 0.805. The minimum absolute atomic E-state index is 0.00247. The van der Waals surface area contributed by atoms with Gasteiger partial charge in [-0.3, -0.25) is 14.5 Å². The van der Waals surface area contributed by atoms with E-state index in [0.717, 1.165) is 11.8 Å². The molecule has 23 heavy (non-hydrogen) atoms. The summed E-state index contributed by atoms with van der Waals surface area (Å²) in [4.78, 5) is 23.4. The van der Waals surface area contributed by atoms with E-state index in [9.17, 15) is 9.59 Å². The number of amides is 3. The molecular formula is C13H15Cl2N5O2S. The first-order valence-corrected chi connectivity index (χ1v) is 8.34. The van der Waals surface area contributed by atoms with E-state index in [-0.39, 0.29) is 5.75 Å². The Bertz CT molecular complexity index is 757. The average Bonchev–Trinajstić information content (AvgIpc) is 2.77. The van der Waals surface area contributed by atoms with Gasteiger partial charge in [0.25, 0.3) is 0 Å². The molecule has 0 spiro atoms. The maximum absolute atomic E-state index is 11.8. The van der Waals surface area contributed by atoms with Crippen LogP contribution in [0.3, 0.4) is 0 Å². The molecule has 0 saturated carbocycles. The van der Waals surface area contributed by atoms with Crippen LogP contribution in [0, 0.1) is 0 Å². The van der Waals surface area contributed by atoms with Crippen LogP contribution in [0.2, 0.25) is 10.0 Å². The molecule has 0 aliphatic heterocycles. The number of hydrogen-bond donors (Lipinski definition) is 2. The molecule has 0 aliphatic carbocycles. The zero-order chi connectivity index (χ0) is 17.2. The number of nitrogens with zero attached hydrogens (tertiary/aromatic N) is 3. The summed E-state index contributed by atoms with van der Waals surface area (Å²) in [6, 6.07) is 1.02. The van der Waals surface area contributed by atoms with Gasteiger partial charge in [0.15, 0.2) is 10.8 Å². The second-order valence-corrected chi connectivity index (χ2v) is 7.51. The SMILES string of the molecule is CC(C)(C)NC(=O)NC(=O)CSc1nnc2c(Cl)cc(Cl)cn12. The molecule has 10 heteroatoms. The Kier molecular flexibility index (Phi) is 5.38. The van der Waals surface area contributed by atoms with E-state index in [1.807, 2.05) is 20.8 Å². The number of fused-ring (bicyclic) bond motifs is 1. The Hall–Kier alpha value is -1.51. The highest BCUT2D eigenvalue weighted by Crippen LogP contribution is 2.25. The fourth-order valence-corrected chi connectivity index (χ4v) is 2.88. The van der Waals surface area contributed by atoms with Crippen LogP contribution in [0.1, 0.15) is 20.8 Å². The van der Waals surface area contributed by atoms with Gasteiger partial charge in [-0.25, -0.2) is 4.79 Å². The highest BCUT2D eigenvalue weighted by atomic mass is 35.5. The third-order valence-corrected chi connectivity index (χ3v) is 3.90. The van der Waals surface area contributed by atoms with E-state index in [4.69, 9.17) is 23.2 Å². The zero-order valence-electron chi connectivity index (χ0n) is 12.7. The molecule has 7 nitrogen and oxygen atoms in total. The van der Waals surface area contributed by atoms with Gasteiger partial charge in [-0.15, -0.1) is 10.2 Å². The number of nitrogens with one attached hydrogen (secondary N) is 2. The molecule has 0 atom stereocenters. The molecule has 0 bridgehead atoms. The highest BCUT2D eigenvalue weighted by molar-refractivity contribution is 7.99. The molecule has 0 fully saturated rings. The van der Waals surface area contributed by atoms with Crippen molar-refractivity contribution in [2.24, 2.45) is 0 Å². The fraction of sp³-hybridized carbons (Fsp3) is 0.385. The van der Waals surface area contributed by atoms with Crippen LogP contribution in [0.4, 0.5) is 4.79 Å². The van der Waals surface area contributed by atoms with Gasteiger partial charge in [-0.2, -0.15) is 0 Å². The van der Waals surface area contributed by atoms with E-state index in [0.29, 0.717) is 20.8 Å². The summed E-state index contributed by atoms with van der Waals surface area (Å²) >= 11 is 13.1. The van der Waals surface area contributed by atoms with E-state index in [1.54, 1.807) is 16.7 Å². The van der Waals surface area contributed by atoms with Crippen LogP contribution in [-0.4, -0.2) is 37.8 Å². The standard InChI is InChI=1S/C13H15Cl2N5O2S/c1-13(2,3)17-11(22)16-9(21)6-23-12-19-18-10-8(15)4-7(14)5-20(10)12/h4-5H,6H2,1-3H3,(H2,16,17,21,22). The van der Waals surface area contributed by atoms with Crippen molar-refractivity contribution in [3.05, 3.63) is 22.3 Å². The Morgan fingerprint density at radius 2 is 2.00 bits per heavy atom. The van der Waals surface area contributed by atoms with E-state index < -0.39 is 17.5 Å². The maximum Gasteiger partial charge on any atom is 0.321 e. The van der Waals surface area contributed by atoms with Gasteiger partial charge < -0.3 is 5.32 Å². The van der Waals surface area contributed by atoms with Crippen LogP contribution in [0.15, 0.2) is 17.4 Å². The normalized spacial score (nSPS) is 11.5. The van der Waals surface area contributed by atoms with Gasteiger partial charge in [0, 0.05) is 11.7 Å². The summed E-state index contributed by atoms with van der Waals surface area (Å²) in [6.07, 6.45) is 1.61. The third-order valence-electron chi connectivity index (χ3n) is 2.47. The van der Waals surface area contributed by atoms with Gasteiger partial charge in [0.05, 0.1) is 15.8 Å². The summed E-state index contributed by atoms with van der Waals surface area (Å²) < 4.78 is 1.60. The van der Waals surface area contributed by atoms with E-state index >= 15 is 0 Å². The molecule has 124 valence electrons. The number of halogens is 2. The predicted octanol–water partition coefficient (Wildman–Crippen LogP) is 2.75. The van der Waals surface area contributed by atoms with Crippen molar-refractivity contribution >= 4 is 52.5 Å². The number of hydrogen-bond acceptors (Lipinski definition) is 5. The molecule has 0 aliphatic rings. The number of imide groups is 1. The summed E-state index contributed by atoms with van der Waals surface area (Å²) in [7, 11) is 0. The first-order valence-electron chi connectivity index (χ1n) is 6.60. The van der Waals surface area contributed by atoms with Gasteiger partial charge >= 0.3 is 6.03 Å². The van der Waals surface area contributed by atoms with Crippen molar-refractivity contribution in [2.75, 3.05) is 5.75 Å². The summed E-state index contributed by atoms with van der Waals surface area (Å²) in [5, 5.41) is 14.0. The summed E-state index contributed by atoms with van der Waals surface area (Å²) in [5.74, 6) is -0.440. The second-order valence-electron chi connectivity index (χ2n) is 5.72. The third kappa shape index (κ3) is 4.98. The highest BCUT2D eigenvalue weighted by Gasteiger charge is 2.17.